The summed E-state index contributed by atoms with van der Waals surface area (Å²) in [5.41, 5.74) is 2.50. The minimum Gasteiger partial charge on any atom is -0.0845 e. The average molecular weight is 260 g/mol. The first-order valence-electron chi connectivity index (χ1n) is 4.17. The lowest BCUT2D eigenvalue weighted by Gasteiger charge is -2.02. The molecule has 0 fully saturated rings. The second-order valence-corrected chi connectivity index (χ2v) is 4.87. The molecule has 0 saturated carbocycles. The maximum absolute atomic E-state index is 5.78. The molecule has 0 aliphatic carbocycles. The largest absolute Gasteiger partial charge is 0.0845 e. The molecule has 1 atom stereocenters. The van der Waals surface area contributed by atoms with E-state index >= 15 is 0 Å². The summed E-state index contributed by atoms with van der Waals surface area (Å²) in [5.74, 6) is 0. The van der Waals surface area contributed by atoms with Crippen molar-refractivity contribution >= 4 is 33.6 Å². The zero-order chi connectivity index (χ0) is 9.84. The number of hydrogen-bond acceptors (Lipinski definition) is 0. The average Bonchev–Trinajstić information content (AvgIpc) is 2.08. The lowest BCUT2D eigenvalue weighted by molar-refractivity contribution is 1.16. The second-order valence-electron chi connectivity index (χ2n) is 3.06. The van der Waals surface area contributed by atoms with Gasteiger partial charge in [0, 0.05) is 9.85 Å². The van der Waals surface area contributed by atoms with Gasteiger partial charge in [-0.1, -0.05) is 51.3 Å². The van der Waals surface area contributed by atoms with E-state index in [4.69, 9.17) is 11.6 Å². The zero-order valence-electron chi connectivity index (χ0n) is 7.72. The van der Waals surface area contributed by atoms with E-state index in [0.717, 1.165) is 5.02 Å². The third-order valence-corrected chi connectivity index (χ3v) is 2.87. The van der Waals surface area contributed by atoms with Gasteiger partial charge in [-0.3, -0.25) is 0 Å². The van der Waals surface area contributed by atoms with Gasteiger partial charge < -0.3 is 0 Å². The minimum absolute atomic E-state index is 0.420. The Morgan fingerprint density at radius 3 is 2.38 bits per heavy atom. The highest BCUT2D eigenvalue weighted by Crippen LogP contribution is 2.16. The number of alkyl halides is 1. The summed E-state index contributed by atoms with van der Waals surface area (Å²) >= 11 is 9.30. The monoisotopic (exact) mass is 258 g/mol. The van der Waals surface area contributed by atoms with Crippen molar-refractivity contribution in [3.05, 3.63) is 40.4 Å². The lowest BCUT2D eigenvalue weighted by atomic mass is 10.1. The molecule has 0 N–H and O–H groups in total. The first-order chi connectivity index (χ1) is 6.09. The molecule has 0 heterocycles. The van der Waals surface area contributed by atoms with Gasteiger partial charge in [-0.15, -0.1) is 0 Å². The van der Waals surface area contributed by atoms with Crippen LogP contribution in [0.15, 0.2) is 29.8 Å². The van der Waals surface area contributed by atoms with E-state index < -0.39 is 0 Å². The maximum atomic E-state index is 5.78. The number of halogens is 2. The predicted octanol–water partition coefficient (Wildman–Crippen LogP) is 4.53. The van der Waals surface area contributed by atoms with E-state index in [-0.39, 0.29) is 0 Å². The van der Waals surface area contributed by atoms with E-state index in [2.05, 4.69) is 35.9 Å². The Morgan fingerprint density at radius 2 is 1.92 bits per heavy atom. The molecule has 70 valence electrons. The van der Waals surface area contributed by atoms with Crippen LogP contribution in [0.5, 0.6) is 0 Å². The van der Waals surface area contributed by atoms with Gasteiger partial charge in [0.15, 0.2) is 0 Å². The SMILES string of the molecule is C/C(=C\c1ccc(Cl)cc1)C(C)Br. The van der Waals surface area contributed by atoms with Crippen LogP contribution >= 0.6 is 27.5 Å². The van der Waals surface area contributed by atoms with Crippen molar-refractivity contribution in [2.45, 2.75) is 18.7 Å². The van der Waals surface area contributed by atoms with Gasteiger partial charge in [-0.05, 0) is 31.5 Å². The van der Waals surface area contributed by atoms with Crippen LogP contribution in [0.2, 0.25) is 5.02 Å². The van der Waals surface area contributed by atoms with Gasteiger partial charge in [0.1, 0.15) is 0 Å². The number of allylic oxidation sites excluding steroid dienone is 1. The van der Waals surface area contributed by atoms with Crippen LogP contribution in [0.3, 0.4) is 0 Å². The van der Waals surface area contributed by atoms with Crippen LogP contribution < -0.4 is 0 Å². The van der Waals surface area contributed by atoms with Crippen molar-refractivity contribution < 1.29 is 0 Å². The number of benzene rings is 1. The highest BCUT2D eigenvalue weighted by atomic mass is 79.9. The van der Waals surface area contributed by atoms with Crippen LogP contribution in [-0.2, 0) is 0 Å². The molecule has 0 aliphatic heterocycles. The van der Waals surface area contributed by atoms with E-state index in [0.29, 0.717) is 4.83 Å². The molecule has 0 radical (unpaired) electrons. The molecular formula is C11H12BrCl. The Kier molecular flexibility index (Phi) is 4.01. The summed E-state index contributed by atoms with van der Waals surface area (Å²) in [4.78, 5) is 0.420. The Labute approximate surface area is 92.7 Å². The molecule has 0 aromatic heterocycles. The molecule has 1 unspecified atom stereocenters. The molecular weight excluding hydrogens is 247 g/mol. The third kappa shape index (κ3) is 3.53. The molecule has 0 bridgehead atoms. The normalized spacial score (nSPS) is 14.3. The Hall–Kier alpha value is -0.270. The third-order valence-electron chi connectivity index (χ3n) is 1.89. The maximum Gasteiger partial charge on any atom is 0.0406 e. The van der Waals surface area contributed by atoms with Crippen molar-refractivity contribution in [3.63, 3.8) is 0 Å². The van der Waals surface area contributed by atoms with E-state index in [1.165, 1.54) is 11.1 Å². The summed E-state index contributed by atoms with van der Waals surface area (Å²) in [5, 5.41) is 0.779. The second kappa shape index (κ2) is 4.83. The Balaban J connectivity index is 2.85. The molecule has 0 aliphatic rings. The number of rotatable bonds is 2. The van der Waals surface area contributed by atoms with Crippen molar-refractivity contribution in [1.82, 2.24) is 0 Å². The van der Waals surface area contributed by atoms with E-state index in [1.807, 2.05) is 24.3 Å². The van der Waals surface area contributed by atoms with Crippen LogP contribution in [0.25, 0.3) is 6.08 Å². The van der Waals surface area contributed by atoms with Crippen LogP contribution in [0.1, 0.15) is 19.4 Å². The fourth-order valence-corrected chi connectivity index (χ4v) is 1.19. The first kappa shape index (κ1) is 10.8. The van der Waals surface area contributed by atoms with Crippen LogP contribution in [-0.4, -0.2) is 4.83 Å². The summed E-state index contributed by atoms with van der Waals surface area (Å²) in [6.45, 7) is 4.22. The molecule has 13 heavy (non-hydrogen) atoms. The van der Waals surface area contributed by atoms with Gasteiger partial charge >= 0.3 is 0 Å². The summed E-state index contributed by atoms with van der Waals surface area (Å²) in [7, 11) is 0. The summed E-state index contributed by atoms with van der Waals surface area (Å²) < 4.78 is 0. The highest BCUT2D eigenvalue weighted by molar-refractivity contribution is 9.09. The van der Waals surface area contributed by atoms with Crippen molar-refractivity contribution in [2.75, 3.05) is 0 Å². The molecule has 0 nitrogen and oxygen atoms in total. The van der Waals surface area contributed by atoms with Gasteiger partial charge in [-0.25, -0.2) is 0 Å². The topological polar surface area (TPSA) is 0 Å². The molecule has 2 heteroatoms. The Morgan fingerprint density at radius 1 is 1.38 bits per heavy atom. The molecule has 0 spiro atoms. The molecule has 0 amide bonds. The molecule has 1 aromatic carbocycles. The molecule has 1 aromatic rings. The smallest absolute Gasteiger partial charge is 0.0406 e. The van der Waals surface area contributed by atoms with Crippen molar-refractivity contribution in [1.29, 1.82) is 0 Å². The Bertz CT molecular complexity index is 298. The van der Waals surface area contributed by atoms with Gasteiger partial charge in [0.2, 0.25) is 0 Å². The van der Waals surface area contributed by atoms with E-state index in [1.54, 1.807) is 0 Å². The number of hydrogen-bond donors (Lipinski definition) is 0. The fourth-order valence-electron chi connectivity index (χ4n) is 0.937. The van der Waals surface area contributed by atoms with Crippen molar-refractivity contribution in [3.8, 4) is 0 Å². The van der Waals surface area contributed by atoms with Gasteiger partial charge in [0.05, 0.1) is 0 Å². The first-order valence-corrected chi connectivity index (χ1v) is 5.47. The minimum atomic E-state index is 0.420. The molecule has 0 saturated heterocycles. The van der Waals surface area contributed by atoms with Crippen LogP contribution in [0, 0.1) is 0 Å². The standard InChI is InChI=1S/C11H12BrCl/c1-8(9(2)12)7-10-3-5-11(13)6-4-10/h3-7,9H,1-2H3/b8-7+. The van der Waals surface area contributed by atoms with Crippen molar-refractivity contribution in [2.24, 2.45) is 0 Å². The van der Waals surface area contributed by atoms with Gasteiger partial charge in [-0.2, -0.15) is 0 Å². The summed E-state index contributed by atoms with van der Waals surface area (Å²) in [6.07, 6.45) is 2.15. The van der Waals surface area contributed by atoms with Crippen LogP contribution in [0.4, 0.5) is 0 Å². The fraction of sp³-hybridized carbons (Fsp3) is 0.273. The van der Waals surface area contributed by atoms with Gasteiger partial charge in [0.25, 0.3) is 0 Å². The summed E-state index contributed by atoms with van der Waals surface area (Å²) in [6, 6.07) is 7.83. The lowest BCUT2D eigenvalue weighted by Crippen LogP contribution is -1.90. The molecule has 1 rings (SSSR count). The zero-order valence-corrected chi connectivity index (χ0v) is 10.1. The van der Waals surface area contributed by atoms with E-state index in [9.17, 15) is 0 Å². The quantitative estimate of drug-likeness (QED) is 0.685. The predicted molar refractivity (Wildman–Crippen MR) is 63.5 cm³/mol. The highest BCUT2D eigenvalue weighted by Gasteiger charge is 1.97.